The van der Waals surface area contributed by atoms with Crippen LogP contribution in [0.15, 0.2) is 22.7 Å². The van der Waals surface area contributed by atoms with Gasteiger partial charge in [0, 0.05) is 23.6 Å². The lowest BCUT2D eigenvalue weighted by molar-refractivity contribution is 0.514. The third kappa shape index (κ3) is 2.86. The van der Waals surface area contributed by atoms with Crippen LogP contribution in [0.4, 0.5) is 10.1 Å². The summed E-state index contributed by atoms with van der Waals surface area (Å²) in [6.45, 7) is 3.02. The van der Waals surface area contributed by atoms with Crippen LogP contribution in [0, 0.1) is 11.7 Å². The van der Waals surface area contributed by atoms with Crippen molar-refractivity contribution in [2.45, 2.75) is 25.3 Å². The zero-order chi connectivity index (χ0) is 12.5. The Labute approximate surface area is 116 Å². The summed E-state index contributed by atoms with van der Waals surface area (Å²) in [6, 6.07) is 6.10. The smallest absolute Gasteiger partial charge is 0.147 e. The molecule has 1 aromatic carbocycles. The number of rotatable bonds is 4. The van der Waals surface area contributed by atoms with E-state index in [1.165, 1.54) is 12.8 Å². The summed E-state index contributed by atoms with van der Waals surface area (Å²) in [5, 5.41) is 3.57. The molecule has 1 unspecified atom stereocenters. The summed E-state index contributed by atoms with van der Waals surface area (Å²) >= 11 is 3.30. The Balaban J connectivity index is 1.59. The molecule has 0 spiro atoms. The quantitative estimate of drug-likeness (QED) is 0.918. The molecule has 98 valence electrons. The number of nitrogens with one attached hydrogen (secondary N) is 1. The Morgan fingerprint density at radius 1 is 1.33 bits per heavy atom. The maximum Gasteiger partial charge on any atom is 0.147 e. The molecule has 0 aromatic heterocycles. The second kappa shape index (κ2) is 5.17. The first-order valence-corrected chi connectivity index (χ1v) is 7.45. The average molecular weight is 313 g/mol. The Morgan fingerprint density at radius 2 is 2.17 bits per heavy atom. The number of benzene rings is 1. The highest BCUT2D eigenvalue weighted by Gasteiger charge is 2.27. The van der Waals surface area contributed by atoms with Gasteiger partial charge in [-0.2, -0.15) is 0 Å². The molecule has 18 heavy (non-hydrogen) atoms. The molecule has 1 heterocycles. The predicted molar refractivity (Wildman–Crippen MR) is 75.4 cm³/mol. The third-order valence-corrected chi connectivity index (χ3v) is 4.30. The SMILES string of the molecule is Fc1cc(Br)ccc1N1CCC(CNC2CC2)C1. The van der Waals surface area contributed by atoms with E-state index in [0.717, 1.165) is 42.3 Å². The van der Waals surface area contributed by atoms with Crippen LogP contribution in [-0.4, -0.2) is 25.7 Å². The molecular formula is C14H18BrFN2. The topological polar surface area (TPSA) is 15.3 Å². The largest absolute Gasteiger partial charge is 0.369 e. The lowest BCUT2D eigenvalue weighted by atomic mass is 10.1. The van der Waals surface area contributed by atoms with Crippen molar-refractivity contribution >= 4 is 21.6 Å². The van der Waals surface area contributed by atoms with Crippen molar-refractivity contribution in [3.05, 3.63) is 28.5 Å². The lowest BCUT2D eigenvalue weighted by Gasteiger charge is -2.19. The fourth-order valence-corrected chi connectivity index (χ4v) is 2.91. The Bertz CT molecular complexity index is 434. The fraction of sp³-hybridized carbons (Fsp3) is 0.571. The first-order chi connectivity index (χ1) is 8.72. The average Bonchev–Trinajstić information content (AvgIpc) is 3.05. The Morgan fingerprint density at radius 3 is 2.89 bits per heavy atom. The van der Waals surface area contributed by atoms with E-state index in [0.29, 0.717) is 5.92 Å². The van der Waals surface area contributed by atoms with Crippen LogP contribution in [0.5, 0.6) is 0 Å². The van der Waals surface area contributed by atoms with Gasteiger partial charge < -0.3 is 10.2 Å². The monoisotopic (exact) mass is 312 g/mol. The van der Waals surface area contributed by atoms with Gasteiger partial charge in [0.25, 0.3) is 0 Å². The van der Waals surface area contributed by atoms with Crippen molar-refractivity contribution < 1.29 is 4.39 Å². The standard InChI is InChI=1S/C14H18BrFN2/c15-11-1-4-14(13(16)7-11)18-6-5-10(9-18)8-17-12-2-3-12/h1,4,7,10,12,17H,2-3,5-6,8-9H2. The van der Waals surface area contributed by atoms with Gasteiger partial charge in [-0.25, -0.2) is 4.39 Å². The molecule has 1 aromatic rings. The second-order valence-electron chi connectivity index (χ2n) is 5.38. The minimum Gasteiger partial charge on any atom is -0.369 e. The summed E-state index contributed by atoms with van der Waals surface area (Å²) in [6.07, 6.45) is 3.82. The number of hydrogen-bond acceptors (Lipinski definition) is 2. The Hall–Kier alpha value is -0.610. The van der Waals surface area contributed by atoms with E-state index in [9.17, 15) is 4.39 Å². The van der Waals surface area contributed by atoms with E-state index in [1.54, 1.807) is 6.07 Å². The molecule has 0 radical (unpaired) electrons. The first-order valence-electron chi connectivity index (χ1n) is 6.66. The fourth-order valence-electron chi connectivity index (χ4n) is 2.58. The van der Waals surface area contributed by atoms with Gasteiger partial charge in [-0.1, -0.05) is 15.9 Å². The first kappa shape index (κ1) is 12.4. The summed E-state index contributed by atoms with van der Waals surface area (Å²) < 4.78 is 14.7. The molecule has 3 rings (SSSR count). The number of hydrogen-bond donors (Lipinski definition) is 1. The van der Waals surface area contributed by atoms with Crippen molar-refractivity contribution in [2.24, 2.45) is 5.92 Å². The third-order valence-electron chi connectivity index (χ3n) is 3.81. The molecule has 1 aliphatic heterocycles. The van der Waals surface area contributed by atoms with Crippen LogP contribution >= 0.6 is 15.9 Å². The lowest BCUT2D eigenvalue weighted by Crippen LogP contribution is -2.27. The molecule has 2 fully saturated rings. The summed E-state index contributed by atoms with van der Waals surface area (Å²) in [4.78, 5) is 2.17. The van der Waals surface area contributed by atoms with Crippen molar-refractivity contribution in [2.75, 3.05) is 24.5 Å². The van der Waals surface area contributed by atoms with E-state index in [4.69, 9.17) is 0 Å². The number of anilines is 1. The van der Waals surface area contributed by atoms with Gasteiger partial charge in [-0.05, 0) is 49.9 Å². The molecule has 1 atom stereocenters. The molecule has 2 aliphatic rings. The summed E-state index contributed by atoms with van der Waals surface area (Å²) in [5.41, 5.74) is 0.743. The molecule has 1 aliphatic carbocycles. The zero-order valence-corrected chi connectivity index (χ0v) is 11.9. The van der Waals surface area contributed by atoms with Crippen LogP contribution in [0.25, 0.3) is 0 Å². The summed E-state index contributed by atoms with van der Waals surface area (Å²) in [7, 11) is 0. The van der Waals surface area contributed by atoms with E-state index in [-0.39, 0.29) is 5.82 Å². The molecule has 1 saturated carbocycles. The van der Waals surface area contributed by atoms with Crippen molar-refractivity contribution in [3.8, 4) is 0 Å². The van der Waals surface area contributed by atoms with E-state index in [2.05, 4.69) is 26.1 Å². The highest BCUT2D eigenvalue weighted by atomic mass is 79.9. The molecular weight excluding hydrogens is 295 g/mol. The van der Waals surface area contributed by atoms with Gasteiger partial charge >= 0.3 is 0 Å². The van der Waals surface area contributed by atoms with Crippen molar-refractivity contribution in [1.82, 2.24) is 5.32 Å². The maximum absolute atomic E-state index is 13.9. The van der Waals surface area contributed by atoms with Gasteiger partial charge in [0.05, 0.1) is 5.69 Å². The van der Waals surface area contributed by atoms with Crippen LogP contribution in [0.1, 0.15) is 19.3 Å². The van der Waals surface area contributed by atoms with E-state index in [1.807, 2.05) is 12.1 Å². The normalized spacial score (nSPS) is 23.7. The zero-order valence-electron chi connectivity index (χ0n) is 10.3. The summed E-state index contributed by atoms with van der Waals surface area (Å²) in [5.74, 6) is 0.536. The Kier molecular flexibility index (Phi) is 3.57. The second-order valence-corrected chi connectivity index (χ2v) is 6.29. The molecule has 1 saturated heterocycles. The van der Waals surface area contributed by atoms with Crippen LogP contribution < -0.4 is 10.2 Å². The van der Waals surface area contributed by atoms with Crippen molar-refractivity contribution in [1.29, 1.82) is 0 Å². The predicted octanol–water partition coefficient (Wildman–Crippen LogP) is 3.17. The highest BCUT2D eigenvalue weighted by molar-refractivity contribution is 9.10. The van der Waals surface area contributed by atoms with Gasteiger partial charge in [0.1, 0.15) is 5.82 Å². The van der Waals surface area contributed by atoms with Gasteiger partial charge in [0.15, 0.2) is 0 Å². The van der Waals surface area contributed by atoms with Gasteiger partial charge in [0.2, 0.25) is 0 Å². The van der Waals surface area contributed by atoms with Crippen LogP contribution in [0.3, 0.4) is 0 Å². The molecule has 4 heteroatoms. The van der Waals surface area contributed by atoms with Crippen LogP contribution in [0.2, 0.25) is 0 Å². The van der Waals surface area contributed by atoms with Gasteiger partial charge in [-0.3, -0.25) is 0 Å². The maximum atomic E-state index is 13.9. The highest BCUT2D eigenvalue weighted by Crippen LogP contribution is 2.28. The minimum atomic E-state index is -0.125. The number of nitrogens with zero attached hydrogens (tertiary/aromatic N) is 1. The molecule has 0 amide bonds. The van der Waals surface area contributed by atoms with Crippen LogP contribution in [-0.2, 0) is 0 Å². The molecule has 1 N–H and O–H groups in total. The number of halogens is 2. The van der Waals surface area contributed by atoms with E-state index < -0.39 is 0 Å². The van der Waals surface area contributed by atoms with E-state index >= 15 is 0 Å². The van der Waals surface area contributed by atoms with Crippen molar-refractivity contribution in [3.63, 3.8) is 0 Å². The molecule has 0 bridgehead atoms. The minimum absolute atomic E-state index is 0.125. The van der Waals surface area contributed by atoms with Gasteiger partial charge in [-0.15, -0.1) is 0 Å². The molecule has 2 nitrogen and oxygen atoms in total.